The van der Waals surface area contributed by atoms with Gasteiger partial charge in [-0.2, -0.15) is 0 Å². The molecular weight excluding hydrogens is 390 g/mol. The number of nitrogens with zero attached hydrogens (tertiary/aromatic N) is 3. The Labute approximate surface area is 180 Å². The summed E-state index contributed by atoms with van der Waals surface area (Å²) >= 11 is 0. The van der Waals surface area contributed by atoms with Gasteiger partial charge in [0.1, 0.15) is 6.61 Å². The van der Waals surface area contributed by atoms with Crippen LogP contribution in [0.2, 0.25) is 0 Å². The zero-order valence-electron chi connectivity index (χ0n) is 17.1. The van der Waals surface area contributed by atoms with Crippen LogP contribution < -0.4 is 9.47 Å². The minimum absolute atomic E-state index is 0.0989. The molecule has 1 aliphatic heterocycles. The van der Waals surface area contributed by atoms with Crippen LogP contribution in [0.25, 0.3) is 22.3 Å². The van der Waals surface area contributed by atoms with Crippen molar-refractivity contribution >= 4 is 16.8 Å². The molecule has 5 rings (SSSR count). The van der Waals surface area contributed by atoms with Crippen LogP contribution in [0.4, 0.5) is 0 Å². The van der Waals surface area contributed by atoms with Crippen LogP contribution in [0.1, 0.15) is 10.4 Å². The van der Waals surface area contributed by atoms with Crippen molar-refractivity contribution in [2.45, 2.75) is 6.10 Å². The number of fused-ring (bicyclic) bond motifs is 2. The highest BCUT2D eigenvalue weighted by Gasteiger charge is 2.25. The average Bonchev–Trinajstić information content (AvgIpc) is 2.83. The molecule has 1 aliphatic rings. The summed E-state index contributed by atoms with van der Waals surface area (Å²) in [5.74, 6) is 1.33. The van der Waals surface area contributed by atoms with Gasteiger partial charge in [0, 0.05) is 18.6 Å². The molecule has 0 saturated heterocycles. The van der Waals surface area contributed by atoms with Crippen molar-refractivity contribution in [3.05, 3.63) is 84.6 Å². The van der Waals surface area contributed by atoms with Crippen LogP contribution in [0.5, 0.6) is 11.5 Å². The molecule has 0 aliphatic carbocycles. The largest absolute Gasteiger partial charge is 0.486 e. The van der Waals surface area contributed by atoms with Crippen molar-refractivity contribution in [3.63, 3.8) is 0 Å². The van der Waals surface area contributed by atoms with E-state index in [0.29, 0.717) is 30.2 Å². The smallest absolute Gasteiger partial charge is 0.254 e. The summed E-state index contributed by atoms with van der Waals surface area (Å²) in [4.78, 5) is 24.2. The molecule has 0 radical (unpaired) electrons. The summed E-state index contributed by atoms with van der Waals surface area (Å²) in [6, 6.07) is 22.7. The van der Waals surface area contributed by atoms with Gasteiger partial charge in [0.25, 0.3) is 5.91 Å². The van der Waals surface area contributed by atoms with Gasteiger partial charge in [-0.05, 0) is 36.4 Å². The standard InChI is InChI=1S/C25H21N3O3/c1-28(15-17-16-30-23-11-4-5-12-24(23)31-17)25(29)19-14-22(21-10-6-7-13-26-21)27-20-9-3-2-8-18(19)20/h2-14,17H,15-16H2,1H3/t17-/m0/s1. The molecule has 3 heterocycles. The van der Waals surface area contributed by atoms with Gasteiger partial charge < -0.3 is 14.4 Å². The van der Waals surface area contributed by atoms with Crippen LogP contribution in [0, 0.1) is 0 Å². The van der Waals surface area contributed by atoms with E-state index in [4.69, 9.17) is 14.5 Å². The van der Waals surface area contributed by atoms with Crippen molar-refractivity contribution < 1.29 is 14.3 Å². The van der Waals surface area contributed by atoms with E-state index in [1.165, 1.54) is 0 Å². The van der Waals surface area contributed by atoms with E-state index in [1.54, 1.807) is 18.1 Å². The van der Waals surface area contributed by atoms with Crippen molar-refractivity contribution in [1.29, 1.82) is 0 Å². The SMILES string of the molecule is CN(C[C@H]1COc2ccccc2O1)C(=O)c1cc(-c2ccccn2)nc2ccccc12. The molecule has 0 saturated carbocycles. The van der Waals surface area contributed by atoms with E-state index in [9.17, 15) is 4.79 Å². The fraction of sp³-hybridized carbons (Fsp3) is 0.160. The Morgan fingerprint density at radius 1 is 1.00 bits per heavy atom. The molecule has 1 atom stereocenters. The number of carbonyl (C=O) groups is 1. The van der Waals surface area contributed by atoms with Gasteiger partial charge in [-0.3, -0.25) is 9.78 Å². The van der Waals surface area contributed by atoms with Crippen molar-refractivity contribution in [2.24, 2.45) is 0 Å². The van der Waals surface area contributed by atoms with Gasteiger partial charge in [0.15, 0.2) is 17.6 Å². The van der Waals surface area contributed by atoms with Crippen LogP contribution in [0.15, 0.2) is 79.0 Å². The van der Waals surface area contributed by atoms with Gasteiger partial charge in [0.05, 0.1) is 29.0 Å². The van der Waals surface area contributed by atoms with Gasteiger partial charge >= 0.3 is 0 Å². The molecule has 0 spiro atoms. The summed E-state index contributed by atoms with van der Waals surface area (Å²) in [5.41, 5.74) is 2.74. The summed E-state index contributed by atoms with van der Waals surface area (Å²) in [5, 5.41) is 0.810. The van der Waals surface area contributed by atoms with E-state index in [0.717, 1.165) is 22.3 Å². The number of para-hydroxylation sites is 3. The molecule has 0 bridgehead atoms. The predicted molar refractivity (Wildman–Crippen MR) is 118 cm³/mol. The monoisotopic (exact) mass is 411 g/mol. The van der Waals surface area contributed by atoms with E-state index in [-0.39, 0.29) is 12.0 Å². The number of ether oxygens (including phenoxy) is 2. The van der Waals surface area contributed by atoms with Crippen LogP contribution >= 0.6 is 0 Å². The lowest BCUT2D eigenvalue weighted by molar-refractivity contribution is 0.0522. The zero-order chi connectivity index (χ0) is 21.2. The Morgan fingerprint density at radius 2 is 1.77 bits per heavy atom. The first-order chi connectivity index (χ1) is 15.2. The number of hydrogen-bond donors (Lipinski definition) is 0. The molecule has 0 fully saturated rings. The topological polar surface area (TPSA) is 64.6 Å². The third kappa shape index (κ3) is 3.80. The maximum absolute atomic E-state index is 13.4. The minimum Gasteiger partial charge on any atom is -0.486 e. The average molecular weight is 411 g/mol. The maximum atomic E-state index is 13.4. The molecule has 0 unspecified atom stereocenters. The van der Waals surface area contributed by atoms with E-state index >= 15 is 0 Å². The van der Waals surface area contributed by atoms with Crippen LogP contribution in [0.3, 0.4) is 0 Å². The maximum Gasteiger partial charge on any atom is 0.254 e. The predicted octanol–water partition coefficient (Wildman–Crippen LogP) is 4.21. The third-order valence-electron chi connectivity index (χ3n) is 5.27. The fourth-order valence-corrected chi connectivity index (χ4v) is 3.74. The number of hydrogen-bond acceptors (Lipinski definition) is 5. The quantitative estimate of drug-likeness (QED) is 0.503. The Hall–Kier alpha value is -3.93. The fourth-order valence-electron chi connectivity index (χ4n) is 3.74. The summed E-state index contributed by atoms with van der Waals surface area (Å²) in [6.07, 6.45) is 1.48. The molecule has 2 aromatic carbocycles. The number of aromatic nitrogens is 2. The van der Waals surface area contributed by atoms with Gasteiger partial charge in [-0.1, -0.05) is 36.4 Å². The summed E-state index contributed by atoms with van der Waals surface area (Å²) < 4.78 is 11.8. The Morgan fingerprint density at radius 3 is 2.61 bits per heavy atom. The molecule has 4 aromatic rings. The normalized spacial score (nSPS) is 14.9. The van der Waals surface area contributed by atoms with Gasteiger partial charge in [0.2, 0.25) is 0 Å². The Kier molecular flexibility index (Phi) is 4.96. The molecule has 6 heteroatoms. The van der Waals surface area contributed by atoms with E-state index in [1.807, 2.05) is 72.8 Å². The van der Waals surface area contributed by atoms with Crippen molar-refractivity contribution in [2.75, 3.05) is 20.2 Å². The lowest BCUT2D eigenvalue weighted by Gasteiger charge is -2.29. The lowest BCUT2D eigenvalue weighted by atomic mass is 10.0. The van der Waals surface area contributed by atoms with Crippen molar-refractivity contribution in [3.8, 4) is 22.9 Å². The van der Waals surface area contributed by atoms with Crippen LogP contribution in [-0.4, -0.2) is 47.1 Å². The van der Waals surface area contributed by atoms with Crippen molar-refractivity contribution in [1.82, 2.24) is 14.9 Å². The number of carbonyl (C=O) groups excluding carboxylic acids is 1. The summed E-state index contributed by atoms with van der Waals surface area (Å²) in [7, 11) is 1.78. The first-order valence-corrected chi connectivity index (χ1v) is 10.1. The molecular formula is C25H21N3O3. The highest BCUT2D eigenvalue weighted by molar-refractivity contribution is 6.07. The number of likely N-dealkylation sites (N-methyl/N-ethyl adjacent to an activating group) is 1. The molecule has 2 aromatic heterocycles. The highest BCUT2D eigenvalue weighted by Crippen LogP contribution is 2.31. The highest BCUT2D eigenvalue weighted by atomic mass is 16.6. The lowest BCUT2D eigenvalue weighted by Crippen LogP contribution is -2.41. The second kappa shape index (κ2) is 8.07. The summed E-state index contributed by atoms with van der Waals surface area (Å²) in [6.45, 7) is 0.799. The second-order valence-corrected chi connectivity index (χ2v) is 7.47. The molecule has 31 heavy (non-hydrogen) atoms. The first kappa shape index (κ1) is 19.1. The molecule has 0 N–H and O–H groups in total. The van der Waals surface area contributed by atoms with Gasteiger partial charge in [-0.15, -0.1) is 0 Å². The Bertz CT molecular complexity index is 1240. The second-order valence-electron chi connectivity index (χ2n) is 7.47. The number of amides is 1. The first-order valence-electron chi connectivity index (χ1n) is 10.1. The van der Waals surface area contributed by atoms with E-state index < -0.39 is 0 Å². The number of pyridine rings is 2. The number of rotatable bonds is 4. The van der Waals surface area contributed by atoms with Crippen LogP contribution in [-0.2, 0) is 0 Å². The van der Waals surface area contributed by atoms with Gasteiger partial charge in [-0.25, -0.2) is 4.98 Å². The Balaban J connectivity index is 1.44. The number of benzene rings is 2. The zero-order valence-corrected chi connectivity index (χ0v) is 17.1. The third-order valence-corrected chi connectivity index (χ3v) is 5.27. The van der Waals surface area contributed by atoms with E-state index in [2.05, 4.69) is 4.98 Å². The minimum atomic E-state index is -0.243. The molecule has 154 valence electrons. The molecule has 1 amide bonds. The molecule has 6 nitrogen and oxygen atoms in total.